The van der Waals surface area contributed by atoms with Crippen molar-refractivity contribution in [2.75, 3.05) is 19.6 Å². The van der Waals surface area contributed by atoms with E-state index in [4.69, 9.17) is 0 Å². The second-order valence-electron chi connectivity index (χ2n) is 9.89. The molecule has 5 aliphatic rings. The summed E-state index contributed by atoms with van der Waals surface area (Å²) in [6.45, 7) is 8.88. The quantitative estimate of drug-likeness (QED) is 0.698. The number of hydrogen-bond donors (Lipinski definition) is 2. The largest absolute Gasteiger partial charge is 0.316 e. The van der Waals surface area contributed by atoms with Gasteiger partial charge in [-0.2, -0.15) is 0 Å². The van der Waals surface area contributed by atoms with E-state index in [1.165, 1.54) is 77.4 Å². The van der Waals surface area contributed by atoms with Crippen molar-refractivity contribution >= 4 is 0 Å². The second kappa shape index (κ2) is 4.96. The van der Waals surface area contributed by atoms with Crippen molar-refractivity contribution < 1.29 is 0 Å². The summed E-state index contributed by atoms with van der Waals surface area (Å²) < 4.78 is 0. The standard InChI is InChI=1S/C19H34N2/c1-17-8-15-9-18(2,11-17)13-19(10-15,12-17)14-20-6-3-7-21-16-4-5-16/h15-16,20-21H,3-14H2,1-2H3. The minimum Gasteiger partial charge on any atom is -0.316 e. The van der Waals surface area contributed by atoms with Crippen LogP contribution in [0.15, 0.2) is 0 Å². The van der Waals surface area contributed by atoms with Crippen LogP contribution >= 0.6 is 0 Å². The predicted octanol–water partition coefficient (Wildman–Crippen LogP) is 3.71. The Morgan fingerprint density at radius 1 is 0.905 bits per heavy atom. The molecule has 0 spiro atoms. The first-order valence-electron chi connectivity index (χ1n) is 9.43. The van der Waals surface area contributed by atoms with E-state index in [-0.39, 0.29) is 0 Å². The Morgan fingerprint density at radius 2 is 1.62 bits per heavy atom. The lowest BCUT2D eigenvalue weighted by Crippen LogP contribution is -2.57. The van der Waals surface area contributed by atoms with E-state index in [1.54, 1.807) is 0 Å². The van der Waals surface area contributed by atoms with Gasteiger partial charge in [0.25, 0.3) is 0 Å². The van der Waals surface area contributed by atoms with Crippen molar-refractivity contribution in [2.45, 2.75) is 77.7 Å². The first-order chi connectivity index (χ1) is 9.99. The lowest BCUT2D eigenvalue weighted by atomic mass is 9.40. The fraction of sp³-hybridized carbons (Fsp3) is 1.00. The molecule has 2 atom stereocenters. The molecule has 120 valence electrons. The first kappa shape index (κ1) is 14.5. The minimum absolute atomic E-state index is 0.646. The number of rotatable bonds is 7. The molecule has 0 amide bonds. The molecule has 21 heavy (non-hydrogen) atoms. The van der Waals surface area contributed by atoms with E-state index in [1.807, 2.05) is 0 Å². The maximum absolute atomic E-state index is 3.83. The smallest absolute Gasteiger partial charge is 0.00682 e. The van der Waals surface area contributed by atoms with Gasteiger partial charge in [0.05, 0.1) is 0 Å². The van der Waals surface area contributed by atoms with E-state index in [0.717, 1.165) is 12.0 Å². The molecule has 0 saturated heterocycles. The van der Waals surface area contributed by atoms with Crippen LogP contribution in [0.1, 0.15) is 71.6 Å². The minimum atomic E-state index is 0.646. The molecule has 0 radical (unpaired) electrons. The summed E-state index contributed by atoms with van der Waals surface area (Å²) in [5.41, 5.74) is 1.99. The van der Waals surface area contributed by atoms with Gasteiger partial charge in [-0.05, 0) is 93.0 Å². The second-order valence-corrected chi connectivity index (χ2v) is 9.89. The Kier molecular flexibility index (Phi) is 3.43. The SMILES string of the molecule is CC12CC3CC(C)(C1)CC(CNCCCNC1CC1)(C3)C2. The van der Waals surface area contributed by atoms with Gasteiger partial charge >= 0.3 is 0 Å². The molecule has 0 aliphatic heterocycles. The Bertz CT molecular complexity index is 382. The van der Waals surface area contributed by atoms with Crippen LogP contribution in [-0.2, 0) is 0 Å². The molecule has 5 fully saturated rings. The highest BCUT2D eigenvalue weighted by molar-refractivity contribution is 5.10. The molecule has 0 aromatic rings. The van der Waals surface area contributed by atoms with Crippen molar-refractivity contribution in [1.82, 2.24) is 10.6 Å². The molecule has 2 N–H and O–H groups in total. The highest BCUT2D eigenvalue weighted by Gasteiger charge is 2.59. The fourth-order valence-electron chi connectivity index (χ4n) is 7.04. The van der Waals surface area contributed by atoms with Crippen molar-refractivity contribution in [1.29, 1.82) is 0 Å². The summed E-state index contributed by atoms with van der Waals surface area (Å²) in [6, 6.07) is 0.869. The maximum atomic E-state index is 3.83. The van der Waals surface area contributed by atoms with Gasteiger partial charge in [0, 0.05) is 12.6 Å². The highest BCUT2D eigenvalue weighted by atomic mass is 15.0. The van der Waals surface area contributed by atoms with E-state index in [0.29, 0.717) is 16.2 Å². The number of hydrogen-bond acceptors (Lipinski definition) is 2. The highest BCUT2D eigenvalue weighted by Crippen LogP contribution is 2.69. The van der Waals surface area contributed by atoms with Crippen molar-refractivity contribution in [3.8, 4) is 0 Å². The zero-order chi connectivity index (χ0) is 14.6. The fourth-order valence-corrected chi connectivity index (χ4v) is 7.04. The van der Waals surface area contributed by atoms with Crippen molar-refractivity contribution in [3.63, 3.8) is 0 Å². The topological polar surface area (TPSA) is 24.1 Å². The van der Waals surface area contributed by atoms with Crippen LogP contribution in [-0.4, -0.2) is 25.7 Å². The van der Waals surface area contributed by atoms with Gasteiger partial charge in [0.1, 0.15) is 0 Å². The maximum Gasteiger partial charge on any atom is 0.00682 e. The normalized spacial score (nSPS) is 48.0. The monoisotopic (exact) mass is 290 g/mol. The molecule has 0 aromatic carbocycles. The van der Waals surface area contributed by atoms with Gasteiger partial charge in [-0.15, -0.1) is 0 Å². The lowest BCUT2D eigenvalue weighted by Gasteiger charge is -2.65. The third-order valence-electron chi connectivity index (χ3n) is 6.78. The van der Waals surface area contributed by atoms with Gasteiger partial charge < -0.3 is 10.6 Å². The van der Waals surface area contributed by atoms with Gasteiger partial charge in [0.15, 0.2) is 0 Å². The average Bonchev–Trinajstić information content (AvgIpc) is 3.12. The van der Waals surface area contributed by atoms with E-state index in [9.17, 15) is 0 Å². The van der Waals surface area contributed by atoms with Crippen LogP contribution in [0.5, 0.6) is 0 Å². The zero-order valence-corrected chi connectivity index (χ0v) is 14.1. The van der Waals surface area contributed by atoms with E-state index < -0.39 is 0 Å². The predicted molar refractivity (Wildman–Crippen MR) is 88.4 cm³/mol. The molecule has 5 saturated carbocycles. The Hall–Kier alpha value is -0.0800. The third kappa shape index (κ3) is 3.03. The Balaban J connectivity index is 1.28. The third-order valence-corrected chi connectivity index (χ3v) is 6.78. The molecule has 2 heteroatoms. The van der Waals surface area contributed by atoms with Gasteiger partial charge in [-0.1, -0.05) is 13.8 Å². The summed E-state index contributed by atoms with van der Waals surface area (Å²) >= 11 is 0. The Labute approximate surface area is 130 Å². The summed E-state index contributed by atoms with van der Waals surface area (Å²) in [5, 5.41) is 7.45. The van der Waals surface area contributed by atoms with Crippen LogP contribution in [0.2, 0.25) is 0 Å². The average molecular weight is 290 g/mol. The zero-order valence-electron chi connectivity index (χ0n) is 14.1. The molecule has 2 nitrogen and oxygen atoms in total. The van der Waals surface area contributed by atoms with Crippen molar-refractivity contribution in [3.05, 3.63) is 0 Å². The summed E-state index contributed by atoms with van der Waals surface area (Å²) in [7, 11) is 0. The van der Waals surface area contributed by atoms with Crippen LogP contribution in [0.25, 0.3) is 0 Å². The lowest BCUT2D eigenvalue weighted by molar-refractivity contribution is -0.143. The van der Waals surface area contributed by atoms with Crippen molar-refractivity contribution in [2.24, 2.45) is 22.2 Å². The van der Waals surface area contributed by atoms with Crippen LogP contribution in [0.3, 0.4) is 0 Å². The summed E-state index contributed by atoms with van der Waals surface area (Å²) in [5.74, 6) is 1.04. The van der Waals surface area contributed by atoms with E-state index >= 15 is 0 Å². The molecule has 0 heterocycles. The summed E-state index contributed by atoms with van der Waals surface area (Å²) in [6.07, 6.45) is 13.2. The van der Waals surface area contributed by atoms with Gasteiger partial charge in [-0.3, -0.25) is 0 Å². The number of nitrogens with one attached hydrogen (secondary N) is 2. The molecular weight excluding hydrogens is 256 g/mol. The molecule has 5 rings (SSSR count). The Morgan fingerprint density at radius 3 is 2.24 bits per heavy atom. The molecule has 4 bridgehead atoms. The summed E-state index contributed by atoms with van der Waals surface area (Å²) in [4.78, 5) is 0. The van der Waals surface area contributed by atoms with Crippen LogP contribution < -0.4 is 10.6 Å². The van der Waals surface area contributed by atoms with Crippen LogP contribution in [0, 0.1) is 22.2 Å². The van der Waals surface area contributed by atoms with E-state index in [2.05, 4.69) is 24.5 Å². The first-order valence-corrected chi connectivity index (χ1v) is 9.43. The van der Waals surface area contributed by atoms with Crippen LogP contribution in [0.4, 0.5) is 0 Å². The van der Waals surface area contributed by atoms with Gasteiger partial charge in [-0.25, -0.2) is 0 Å². The molecule has 5 aliphatic carbocycles. The molecular formula is C19H34N2. The molecule has 2 unspecified atom stereocenters. The molecule has 0 aromatic heterocycles. The van der Waals surface area contributed by atoms with Gasteiger partial charge in [0.2, 0.25) is 0 Å².